The second kappa shape index (κ2) is 39.1. The summed E-state index contributed by atoms with van der Waals surface area (Å²) in [5.41, 5.74) is 2.04. The van der Waals surface area contributed by atoms with Crippen molar-refractivity contribution in [1.29, 1.82) is 0 Å². The first-order valence-electron chi connectivity index (χ1n) is 20.6. The van der Waals surface area contributed by atoms with Gasteiger partial charge in [0.2, 0.25) is 0 Å². The third-order valence-corrected chi connectivity index (χ3v) is 10.3. The van der Waals surface area contributed by atoms with Crippen LogP contribution in [0.4, 0.5) is 4.79 Å². The van der Waals surface area contributed by atoms with Gasteiger partial charge in [0.25, 0.3) is 0 Å². The van der Waals surface area contributed by atoms with Crippen molar-refractivity contribution in [3.8, 4) is 0 Å². The Morgan fingerprint density at radius 3 is 1.96 bits per heavy atom. The van der Waals surface area contributed by atoms with Crippen LogP contribution in [0, 0.1) is 11.8 Å². The molecule has 1 atom stereocenters. The summed E-state index contributed by atoms with van der Waals surface area (Å²) in [5, 5.41) is 3.13. The van der Waals surface area contributed by atoms with Crippen molar-refractivity contribution in [2.24, 2.45) is 11.8 Å². The SMILES string of the molecule is C=C(C)c1cccc(C(C)(C)NC(=O)OC(CC)(CC)C/C=C/CC(CC/C=C/CC(CC)CC)CCSCCCS)c1.CC.CC.CC.COC. The van der Waals surface area contributed by atoms with Gasteiger partial charge in [-0.2, -0.15) is 24.4 Å². The molecule has 0 spiro atoms. The van der Waals surface area contributed by atoms with Crippen molar-refractivity contribution in [2.75, 3.05) is 31.5 Å². The van der Waals surface area contributed by atoms with Gasteiger partial charge in [-0.25, -0.2) is 4.79 Å². The Morgan fingerprint density at radius 1 is 0.885 bits per heavy atom. The van der Waals surface area contributed by atoms with E-state index in [0.29, 0.717) is 5.92 Å². The number of carbonyl (C=O) groups excluding carboxylic acids is 1. The van der Waals surface area contributed by atoms with Gasteiger partial charge in [-0.15, -0.1) is 0 Å². The number of allylic oxidation sites excluding steroid dienone is 4. The number of thioether (sulfide) groups is 1. The van der Waals surface area contributed by atoms with E-state index in [2.05, 4.69) is 99.1 Å². The molecule has 1 aromatic carbocycles. The molecule has 0 aromatic heterocycles. The highest BCUT2D eigenvalue weighted by Crippen LogP contribution is 2.29. The molecule has 1 rings (SSSR count). The number of ether oxygens (including phenoxy) is 2. The van der Waals surface area contributed by atoms with Crippen LogP contribution >= 0.6 is 24.4 Å². The van der Waals surface area contributed by atoms with E-state index in [-0.39, 0.29) is 6.09 Å². The summed E-state index contributed by atoms with van der Waals surface area (Å²) in [5.74, 6) is 4.88. The molecule has 1 N–H and O–H groups in total. The Morgan fingerprint density at radius 2 is 1.44 bits per heavy atom. The van der Waals surface area contributed by atoms with Crippen LogP contribution < -0.4 is 5.32 Å². The van der Waals surface area contributed by atoms with E-state index in [1.807, 2.05) is 80.5 Å². The monoisotopic (exact) mass is 766 g/mol. The normalized spacial score (nSPS) is 11.6. The molecule has 1 aromatic rings. The first-order chi connectivity index (χ1) is 25.0. The molecule has 0 aliphatic heterocycles. The van der Waals surface area contributed by atoms with Gasteiger partial charge in [0.1, 0.15) is 5.60 Å². The summed E-state index contributed by atoms with van der Waals surface area (Å²) in [6.07, 6.45) is 21.0. The zero-order valence-electron chi connectivity index (χ0n) is 37.0. The second-order valence-corrected chi connectivity index (χ2v) is 14.7. The van der Waals surface area contributed by atoms with Gasteiger partial charge >= 0.3 is 6.09 Å². The Hall–Kier alpha value is -1.63. The summed E-state index contributed by atoms with van der Waals surface area (Å²) in [6.45, 7) is 30.9. The van der Waals surface area contributed by atoms with E-state index in [1.165, 1.54) is 50.0 Å². The van der Waals surface area contributed by atoms with Crippen LogP contribution in [0.2, 0.25) is 0 Å². The highest BCUT2D eigenvalue weighted by Gasteiger charge is 2.32. The molecule has 1 amide bonds. The van der Waals surface area contributed by atoms with Gasteiger partial charge in [-0.3, -0.25) is 0 Å². The van der Waals surface area contributed by atoms with E-state index < -0.39 is 11.1 Å². The number of nitrogens with one attached hydrogen (secondary N) is 1. The van der Waals surface area contributed by atoms with Crippen LogP contribution in [-0.4, -0.2) is 43.2 Å². The maximum Gasteiger partial charge on any atom is 0.408 e. The Kier molecular flexibility index (Phi) is 42.9. The smallest absolute Gasteiger partial charge is 0.408 e. The fraction of sp³-hybridized carbons (Fsp3) is 0.717. The van der Waals surface area contributed by atoms with E-state index in [0.717, 1.165) is 60.5 Å². The van der Waals surface area contributed by atoms with Crippen molar-refractivity contribution in [1.82, 2.24) is 5.32 Å². The van der Waals surface area contributed by atoms with Crippen LogP contribution in [0.15, 0.2) is 55.1 Å². The molecule has 306 valence electrons. The Balaban J connectivity index is -0.00000117. The first kappa shape index (κ1) is 57.1. The van der Waals surface area contributed by atoms with Crippen LogP contribution in [0.25, 0.3) is 5.57 Å². The third kappa shape index (κ3) is 28.8. The Bertz CT molecular complexity index is 997. The molecular formula is C46H87NO3S2. The van der Waals surface area contributed by atoms with Crippen LogP contribution in [-0.2, 0) is 15.0 Å². The molecule has 0 saturated carbocycles. The summed E-state index contributed by atoms with van der Waals surface area (Å²) in [6, 6.07) is 8.20. The van der Waals surface area contributed by atoms with Crippen LogP contribution in [0.3, 0.4) is 0 Å². The maximum atomic E-state index is 13.2. The first-order valence-corrected chi connectivity index (χ1v) is 22.4. The van der Waals surface area contributed by atoms with Crippen molar-refractivity contribution in [3.05, 3.63) is 66.3 Å². The average Bonchev–Trinajstić information content (AvgIpc) is 3.16. The molecule has 0 heterocycles. The van der Waals surface area contributed by atoms with Gasteiger partial charge in [-0.05, 0) is 118 Å². The molecule has 52 heavy (non-hydrogen) atoms. The molecular weight excluding hydrogens is 679 g/mol. The summed E-state index contributed by atoms with van der Waals surface area (Å²) < 4.78 is 10.4. The second-order valence-electron chi connectivity index (χ2n) is 13.0. The standard InChI is InChI=1S/C38H63NO2S2.C2H6O.3C2H6/c1-9-32(10-2)20-14-13-15-21-33(25-29-43-28-19-27-42)22-16-17-26-38(11-3,12-4)41-36(40)39-37(7,8)35-24-18-23-34(30-35)31(5)6;1-3-2;3*1-2/h13-14,16-18,23-24,30,32-33,42H,5,9-12,15,19-22,25-29H2,1-4,6-8H3,(H,39,40);1-2H3;3*1-2H3/b14-13+,17-16+;;;;. The van der Waals surface area contributed by atoms with Crippen molar-refractivity contribution >= 4 is 36.1 Å². The fourth-order valence-corrected chi connectivity index (χ4v) is 6.72. The fourth-order valence-electron chi connectivity index (χ4n) is 5.29. The lowest BCUT2D eigenvalue weighted by Gasteiger charge is -2.34. The topological polar surface area (TPSA) is 47.6 Å². The van der Waals surface area contributed by atoms with Gasteiger partial charge in [-0.1, -0.05) is 137 Å². The predicted molar refractivity (Wildman–Crippen MR) is 243 cm³/mol. The summed E-state index contributed by atoms with van der Waals surface area (Å²) in [4.78, 5) is 13.2. The van der Waals surface area contributed by atoms with Crippen molar-refractivity contribution in [3.63, 3.8) is 0 Å². The average molecular weight is 766 g/mol. The number of methoxy groups -OCH3 is 1. The highest BCUT2D eigenvalue weighted by atomic mass is 32.2. The number of thiol groups is 1. The number of amides is 1. The quantitative estimate of drug-likeness (QED) is 0.0662. The lowest BCUT2D eigenvalue weighted by atomic mass is 9.91. The molecule has 0 aliphatic carbocycles. The zero-order valence-corrected chi connectivity index (χ0v) is 38.7. The van der Waals surface area contributed by atoms with Crippen LogP contribution in [0.1, 0.15) is 172 Å². The lowest BCUT2D eigenvalue weighted by Crippen LogP contribution is -2.45. The Labute approximate surface area is 335 Å². The number of carbonyl (C=O) groups is 1. The number of hydrogen-bond acceptors (Lipinski definition) is 5. The molecule has 0 fully saturated rings. The summed E-state index contributed by atoms with van der Waals surface area (Å²) >= 11 is 6.42. The predicted octanol–water partition coefficient (Wildman–Crippen LogP) is 15.1. The number of alkyl carbamates (subject to hydrolysis) is 1. The lowest BCUT2D eigenvalue weighted by molar-refractivity contribution is 0.00283. The maximum absolute atomic E-state index is 13.2. The molecule has 4 nitrogen and oxygen atoms in total. The van der Waals surface area contributed by atoms with E-state index in [4.69, 9.17) is 4.74 Å². The van der Waals surface area contributed by atoms with E-state index >= 15 is 0 Å². The molecule has 0 aliphatic rings. The van der Waals surface area contributed by atoms with Crippen molar-refractivity contribution in [2.45, 2.75) is 172 Å². The van der Waals surface area contributed by atoms with Gasteiger partial charge in [0.05, 0.1) is 5.54 Å². The van der Waals surface area contributed by atoms with Crippen molar-refractivity contribution < 1.29 is 14.3 Å². The number of benzene rings is 1. The number of hydrogen-bond donors (Lipinski definition) is 2. The minimum absolute atomic E-state index is 0.362. The zero-order chi connectivity index (χ0) is 40.8. The van der Waals surface area contributed by atoms with Gasteiger partial charge in [0.15, 0.2) is 0 Å². The highest BCUT2D eigenvalue weighted by molar-refractivity contribution is 7.99. The van der Waals surface area contributed by atoms with Gasteiger partial charge in [0, 0.05) is 20.6 Å². The molecule has 0 bridgehead atoms. The largest absolute Gasteiger partial charge is 0.443 e. The minimum Gasteiger partial charge on any atom is -0.443 e. The third-order valence-electron chi connectivity index (χ3n) is 8.87. The summed E-state index contributed by atoms with van der Waals surface area (Å²) in [7, 11) is 3.25. The molecule has 0 saturated heterocycles. The molecule has 0 radical (unpaired) electrons. The molecule has 6 heteroatoms. The van der Waals surface area contributed by atoms with E-state index in [1.54, 1.807) is 14.2 Å². The minimum atomic E-state index is -0.563. The number of rotatable bonds is 23. The van der Waals surface area contributed by atoms with E-state index in [9.17, 15) is 4.79 Å². The van der Waals surface area contributed by atoms with Gasteiger partial charge < -0.3 is 14.8 Å². The van der Waals surface area contributed by atoms with Crippen LogP contribution in [0.5, 0.6) is 0 Å². The molecule has 1 unspecified atom stereocenters.